The molecule has 1 aromatic heterocycles. The van der Waals surface area contributed by atoms with Crippen molar-refractivity contribution in [2.75, 3.05) is 39.3 Å². The summed E-state index contributed by atoms with van der Waals surface area (Å²) in [7, 11) is -3.55. The Morgan fingerprint density at radius 3 is 2.61 bits per heavy atom. The van der Waals surface area contributed by atoms with Crippen LogP contribution in [0.4, 0.5) is 0 Å². The molecule has 23 heavy (non-hydrogen) atoms. The molecule has 2 aliphatic rings. The highest BCUT2D eigenvalue weighted by Gasteiger charge is 2.41. The van der Waals surface area contributed by atoms with E-state index in [2.05, 4.69) is 11.8 Å². The Hall–Kier alpha value is -0.960. The zero-order chi connectivity index (χ0) is 16.4. The number of amides is 1. The summed E-state index contributed by atoms with van der Waals surface area (Å²) >= 11 is 1.21. The van der Waals surface area contributed by atoms with Gasteiger partial charge in [0.2, 0.25) is 5.91 Å². The van der Waals surface area contributed by atoms with Gasteiger partial charge in [0.15, 0.2) is 0 Å². The van der Waals surface area contributed by atoms with E-state index >= 15 is 0 Å². The third-order valence-electron chi connectivity index (χ3n) is 4.68. The predicted molar refractivity (Wildman–Crippen MR) is 89.9 cm³/mol. The minimum atomic E-state index is -3.55. The summed E-state index contributed by atoms with van der Waals surface area (Å²) in [6.07, 6.45) is 1.37. The molecule has 0 radical (unpaired) electrons. The van der Waals surface area contributed by atoms with Gasteiger partial charge in [0, 0.05) is 32.7 Å². The van der Waals surface area contributed by atoms with Crippen LogP contribution < -0.4 is 0 Å². The lowest BCUT2D eigenvalue weighted by atomic mass is 10.2. The highest BCUT2D eigenvalue weighted by Crippen LogP contribution is 2.29. The zero-order valence-corrected chi connectivity index (χ0v) is 15.0. The molecule has 0 bridgehead atoms. The van der Waals surface area contributed by atoms with E-state index < -0.39 is 16.1 Å². The molecule has 0 saturated carbocycles. The first-order valence-electron chi connectivity index (χ1n) is 8.10. The quantitative estimate of drug-likeness (QED) is 0.809. The maximum absolute atomic E-state index is 12.8. The van der Waals surface area contributed by atoms with Crippen molar-refractivity contribution >= 4 is 27.3 Å². The summed E-state index contributed by atoms with van der Waals surface area (Å²) in [5, 5.41) is 1.75. The van der Waals surface area contributed by atoms with E-state index in [-0.39, 0.29) is 5.91 Å². The van der Waals surface area contributed by atoms with E-state index in [1.807, 2.05) is 4.90 Å². The van der Waals surface area contributed by atoms with Crippen LogP contribution in [-0.4, -0.2) is 73.7 Å². The lowest BCUT2D eigenvalue weighted by Crippen LogP contribution is -2.54. The SMILES string of the molecule is CCN1CCN(C(=O)C2CCCN2S(=O)(=O)c2cccs2)CC1. The van der Waals surface area contributed by atoms with Crippen LogP contribution in [0, 0.1) is 0 Å². The molecule has 1 unspecified atom stereocenters. The maximum Gasteiger partial charge on any atom is 0.253 e. The molecular weight excluding hydrogens is 334 g/mol. The van der Waals surface area contributed by atoms with Gasteiger partial charge in [-0.15, -0.1) is 11.3 Å². The molecule has 0 aromatic carbocycles. The second-order valence-corrected chi connectivity index (χ2v) is 9.03. The normalized spacial score (nSPS) is 24.2. The Morgan fingerprint density at radius 2 is 2.00 bits per heavy atom. The Balaban J connectivity index is 1.73. The predicted octanol–water partition coefficient (Wildman–Crippen LogP) is 1.07. The number of rotatable bonds is 4. The molecule has 128 valence electrons. The number of carbonyl (C=O) groups is 1. The molecule has 0 N–H and O–H groups in total. The molecule has 1 amide bonds. The molecule has 3 rings (SSSR count). The summed E-state index contributed by atoms with van der Waals surface area (Å²) < 4.78 is 27.2. The van der Waals surface area contributed by atoms with Gasteiger partial charge in [-0.25, -0.2) is 8.42 Å². The standard InChI is InChI=1S/C15H23N3O3S2/c1-2-16-8-10-17(11-9-16)15(19)13-5-3-7-18(13)23(20,21)14-6-4-12-22-14/h4,6,12-13H,2-3,5,7-11H2,1H3. The van der Waals surface area contributed by atoms with E-state index in [9.17, 15) is 13.2 Å². The average Bonchev–Trinajstić information content (AvgIpc) is 3.25. The van der Waals surface area contributed by atoms with Crippen LogP contribution in [0.15, 0.2) is 21.7 Å². The van der Waals surface area contributed by atoms with Crippen LogP contribution in [0.2, 0.25) is 0 Å². The summed E-state index contributed by atoms with van der Waals surface area (Å²) in [5.74, 6) is -0.0293. The topological polar surface area (TPSA) is 60.9 Å². The minimum absolute atomic E-state index is 0.0293. The first-order valence-corrected chi connectivity index (χ1v) is 10.4. The molecule has 0 aliphatic carbocycles. The van der Waals surface area contributed by atoms with E-state index in [0.29, 0.717) is 30.3 Å². The van der Waals surface area contributed by atoms with Crippen molar-refractivity contribution in [3.05, 3.63) is 17.5 Å². The van der Waals surface area contributed by atoms with Crippen LogP contribution in [0.25, 0.3) is 0 Å². The van der Waals surface area contributed by atoms with Crippen molar-refractivity contribution in [3.8, 4) is 0 Å². The fourth-order valence-corrected chi connectivity index (χ4v) is 6.07. The lowest BCUT2D eigenvalue weighted by molar-refractivity contribution is -0.136. The average molecular weight is 358 g/mol. The number of likely N-dealkylation sites (N-methyl/N-ethyl adjacent to an activating group) is 1. The summed E-state index contributed by atoms with van der Waals surface area (Å²) in [5.41, 5.74) is 0. The molecule has 0 spiro atoms. The third kappa shape index (κ3) is 3.31. The van der Waals surface area contributed by atoms with Crippen molar-refractivity contribution < 1.29 is 13.2 Å². The molecule has 2 saturated heterocycles. The van der Waals surface area contributed by atoms with Gasteiger partial charge in [0.1, 0.15) is 10.3 Å². The van der Waals surface area contributed by atoms with Gasteiger partial charge in [-0.3, -0.25) is 4.79 Å². The summed E-state index contributed by atoms with van der Waals surface area (Å²) in [4.78, 5) is 17.0. The Morgan fingerprint density at radius 1 is 1.26 bits per heavy atom. The molecule has 2 fully saturated rings. The van der Waals surface area contributed by atoms with Crippen LogP contribution in [-0.2, 0) is 14.8 Å². The van der Waals surface area contributed by atoms with Crippen LogP contribution in [0.1, 0.15) is 19.8 Å². The summed E-state index contributed by atoms with van der Waals surface area (Å²) in [6.45, 7) is 6.66. The van der Waals surface area contributed by atoms with Gasteiger partial charge in [-0.2, -0.15) is 4.31 Å². The van der Waals surface area contributed by atoms with Gasteiger partial charge in [0.05, 0.1) is 0 Å². The fourth-order valence-electron chi connectivity index (χ4n) is 3.30. The number of thiophene rings is 1. The molecule has 3 heterocycles. The monoisotopic (exact) mass is 357 g/mol. The van der Waals surface area contributed by atoms with Gasteiger partial charge in [-0.1, -0.05) is 13.0 Å². The fraction of sp³-hybridized carbons (Fsp3) is 0.667. The van der Waals surface area contributed by atoms with E-state index in [0.717, 1.165) is 26.1 Å². The van der Waals surface area contributed by atoms with Crippen LogP contribution >= 0.6 is 11.3 Å². The third-order valence-corrected chi connectivity index (χ3v) is 7.96. The first-order chi connectivity index (χ1) is 11.0. The van der Waals surface area contributed by atoms with Crippen molar-refractivity contribution in [3.63, 3.8) is 0 Å². The molecule has 8 heteroatoms. The van der Waals surface area contributed by atoms with Crippen molar-refractivity contribution in [1.82, 2.24) is 14.1 Å². The largest absolute Gasteiger partial charge is 0.339 e. The molecule has 1 atom stereocenters. The second kappa shape index (κ2) is 6.88. The van der Waals surface area contributed by atoms with Crippen molar-refractivity contribution in [2.45, 2.75) is 30.0 Å². The first kappa shape index (κ1) is 16.9. The highest BCUT2D eigenvalue weighted by atomic mass is 32.2. The lowest BCUT2D eigenvalue weighted by Gasteiger charge is -2.36. The van der Waals surface area contributed by atoms with Crippen LogP contribution in [0.3, 0.4) is 0 Å². The maximum atomic E-state index is 12.8. The van der Waals surface area contributed by atoms with E-state index in [4.69, 9.17) is 0 Å². The number of hydrogen-bond donors (Lipinski definition) is 0. The van der Waals surface area contributed by atoms with E-state index in [1.165, 1.54) is 15.6 Å². The van der Waals surface area contributed by atoms with Crippen molar-refractivity contribution in [1.29, 1.82) is 0 Å². The number of piperazine rings is 1. The number of nitrogens with zero attached hydrogens (tertiary/aromatic N) is 3. The Kier molecular flexibility index (Phi) is 5.05. The van der Waals surface area contributed by atoms with Gasteiger partial charge in [0.25, 0.3) is 10.0 Å². The second-order valence-electron chi connectivity index (χ2n) is 5.97. The Labute approximate surface area is 141 Å². The smallest absolute Gasteiger partial charge is 0.253 e. The van der Waals surface area contributed by atoms with Crippen LogP contribution in [0.5, 0.6) is 0 Å². The molecule has 6 nitrogen and oxygen atoms in total. The van der Waals surface area contributed by atoms with Gasteiger partial charge >= 0.3 is 0 Å². The van der Waals surface area contributed by atoms with Gasteiger partial charge < -0.3 is 9.80 Å². The number of carbonyl (C=O) groups excluding carboxylic acids is 1. The molecule has 2 aliphatic heterocycles. The molecular formula is C15H23N3O3S2. The summed E-state index contributed by atoms with van der Waals surface area (Å²) in [6, 6.07) is 2.81. The van der Waals surface area contributed by atoms with Gasteiger partial charge in [-0.05, 0) is 30.8 Å². The Bertz CT molecular complexity index is 637. The minimum Gasteiger partial charge on any atom is -0.339 e. The number of sulfonamides is 1. The van der Waals surface area contributed by atoms with E-state index in [1.54, 1.807) is 17.5 Å². The zero-order valence-electron chi connectivity index (χ0n) is 13.3. The number of hydrogen-bond acceptors (Lipinski definition) is 5. The highest BCUT2D eigenvalue weighted by molar-refractivity contribution is 7.91. The van der Waals surface area contributed by atoms with Crippen molar-refractivity contribution in [2.24, 2.45) is 0 Å². The molecule has 1 aromatic rings.